The van der Waals surface area contributed by atoms with Gasteiger partial charge in [0.1, 0.15) is 29.4 Å². The number of hydrogen-bond acceptors (Lipinski definition) is 12. The molecule has 4 heterocycles. The van der Waals surface area contributed by atoms with Crippen LogP contribution in [0.25, 0.3) is 22.3 Å². The minimum Gasteiger partial charge on any atom is -0.404 e. The van der Waals surface area contributed by atoms with Gasteiger partial charge < -0.3 is 34.6 Å². The molecule has 17 heteroatoms. The van der Waals surface area contributed by atoms with Gasteiger partial charge in [-0.25, -0.2) is 34.5 Å². The summed E-state index contributed by atoms with van der Waals surface area (Å²) >= 11 is 0. The summed E-state index contributed by atoms with van der Waals surface area (Å²) in [4.78, 5) is 43.9. The molecule has 0 amide bonds. The van der Waals surface area contributed by atoms with E-state index in [0.29, 0.717) is 52.4 Å². The molecular weight excluding hydrogens is 555 g/mol. The Morgan fingerprint density at radius 1 is 0.829 bits per heavy atom. The second-order valence-electron chi connectivity index (χ2n) is 9.38. The van der Waals surface area contributed by atoms with Crippen LogP contribution in [0.3, 0.4) is 0 Å². The van der Waals surface area contributed by atoms with Crippen molar-refractivity contribution in [2.45, 2.75) is 52.4 Å². The van der Waals surface area contributed by atoms with Crippen molar-refractivity contribution in [1.29, 1.82) is 0 Å². The van der Waals surface area contributed by atoms with E-state index in [1.165, 1.54) is 18.7 Å². The van der Waals surface area contributed by atoms with Gasteiger partial charge in [0, 0.05) is 5.56 Å². The van der Waals surface area contributed by atoms with E-state index in [9.17, 15) is 14.4 Å². The van der Waals surface area contributed by atoms with Crippen molar-refractivity contribution in [2.24, 2.45) is 0 Å². The van der Waals surface area contributed by atoms with E-state index >= 15 is 0 Å². The average Bonchev–Trinajstić information content (AvgIpc) is 3.52. The predicted molar refractivity (Wildman–Crippen MR) is 147 cm³/mol. The number of imidazole rings is 2. The number of phosphoric ester groups is 1. The van der Waals surface area contributed by atoms with Gasteiger partial charge in [-0.2, -0.15) is 0 Å². The van der Waals surface area contributed by atoms with Gasteiger partial charge in [0.25, 0.3) is 0 Å². The molecule has 4 aromatic heterocycles. The van der Waals surface area contributed by atoms with Crippen LogP contribution in [-0.2, 0) is 40.3 Å². The Bertz CT molecular complexity index is 1720. The van der Waals surface area contributed by atoms with Crippen molar-refractivity contribution >= 4 is 41.8 Å². The highest BCUT2D eigenvalue weighted by Gasteiger charge is 2.22. The van der Waals surface area contributed by atoms with Crippen LogP contribution in [0.2, 0.25) is 0 Å². The summed E-state index contributed by atoms with van der Waals surface area (Å²) in [5.74, 6) is 0.575. The minimum absolute atomic E-state index is 0.000612. The first-order chi connectivity index (χ1) is 19.6. The van der Waals surface area contributed by atoms with Crippen LogP contribution in [0.15, 0.2) is 43.5 Å². The monoisotopic (exact) mass is 584 g/mol. The molecule has 5 aromatic rings. The molecule has 0 radical (unpaired) electrons. The quantitative estimate of drug-likeness (QED) is 0.154. The lowest BCUT2D eigenvalue weighted by Crippen LogP contribution is -2.18. The minimum atomic E-state index is -4.83. The summed E-state index contributed by atoms with van der Waals surface area (Å²) in [6, 6.07) is 4.89. The highest BCUT2D eigenvalue weighted by Crippen LogP contribution is 2.40. The fraction of sp³-hybridized carbons (Fsp3) is 0.333. The molecule has 216 valence electrons. The third-order valence-corrected chi connectivity index (χ3v) is 6.68. The summed E-state index contributed by atoms with van der Waals surface area (Å²) in [6.07, 6.45) is 5.33. The van der Waals surface area contributed by atoms with Crippen LogP contribution in [0.4, 0.5) is 11.6 Å². The molecule has 0 saturated heterocycles. The number of rotatable bonds is 12. The number of anilines is 2. The number of phosphoric acid groups is 1. The van der Waals surface area contributed by atoms with E-state index in [1.807, 2.05) is 18.4 Å². The van der Waals surface area contributed by atoms with E-state index in [4.69, 9.17) is 25.5 Å². The molecule has 6 N–H and O–H groups in total. The molecule has 0 bridgehead atoms. The Kier molecular flexibility index (Phi) is 8.10. The maximum Gasteiger partial charge on any atom is 0.524 e. The molecule has 0 aliphatic carbocycles. The maximum atomic E-state index is 11.7. The summed E-state index contributed by atoms with van der Waals surface area (Å²) < 4.78 is 32.4. The van der Waals surface area contributed by atoms with Gasteiger partial charge in [-0.1, -0.05) is 12.1 Å². The smallest absolute Gasteiger partial charge is 0.404 e. The zero-order valence-corrected chi connectivity index (χ0v) is 23.1. The third-order valence-electron chi connectivity index (χ3n) is 6.25. The van der Waals surface area contributed by atoms with Crippen molar-refractivity contribution in [1.82, 2.24) is 39.0 Å². The molecule has 1 aromatic carbocycles. The predicted octanol–water partition coefficient (Wildman–Crippen LogP) is 1.81. The first-order valence-corrected chi connectivity index (χ1v) is 14.0. The number of fused-ring (bicyclic) bond motifs is 2. The van der Waals surface area contributed by atoms with Gasteiger partial charge in [-0.05, 0) is 25.5 Å². The van der Waals surface area contributed by atoms with Gasteiger partial charge in [0.2, 0.25) is 0 Å². The molecule has 0 aliphatic rings. The van der Waals surface area contributed by atoms with Crippen molar-refractivity contribution in [2.75, 3.05) is 11.5 Å². The number of nitrogens with two attached hydrogens (primary N) is 2. The number of hydrogen-bond donors (Lipinski definition) is 4. The van der Waals surface area contributed by atoms with E-state index in [1.54, 1.807) is 29.4 Å². The lowest BCUT2D eigenvalue weighted by atomic mass is 10.1. The Morgan fingerprint density at radius 3 is 1.90 bits per heavy atom. The normalized spacial score (nSPS) is 13.6. The summed E-state index contributed by atoms with van der Waals surface area (Å²) in [5, 5.41) is 0. The third kappa shape index (κ3) is 6.58. The largest absolute Gasteiger partial charge is 0.524 e. The molecule has 0 aliphatic heterocycles. The van der Waals surface area contributed by atoms with E-state index in [0.717, 1.165) is 0 Å². The van der Waals surface area contributed by atoms with E-state index in [2.05, 4.69) is 29.9 Å². The number of aromatic nitrogens is 8. The lowest BCUT2D eigenvalue weighted by Gasteiger charge is -2.20. The van der Waals surface area contributed by atoms with E-state index < -0.39 is 7.82 Å². The Labute approximate surface area is 233 Å². The van der Waals surface area contributed by atoms with Crippen LogP contribution in [0, 0.1) is 0 Å². The maximum absolute atomic E-state index is 11.7. The highest BCUT2D eigenvalue weighted by atomic mass is 31.2. The number of ether oxygens (including phenoxy) is 2. The van der Waals surface area contributed by atoms with Crippen molar-refractivity contribution < 1.29 is 28.3 Å². The Balaban J connectivity index is 1.29. The van der Waals surface area contributed by atoms with Crippen LogP contribution < -0.4 is 16.0 Å². The first kappa shape index (κ1) is 28.3. The number of nitrogens with zero attached hydrogens (tertiary/aromatic N) is 8. The summed E-state index contributed by atoms with van der Waals surface area (Å²) in [5.41, 5.74) is 15.0. The molecule has 0 saturated carbocycles. The van der Waals surface area contributed by atoms with Crippen LogP contribution in [0.5, 0.6) is 5.75 Å². The van der Waals surface area contributed by atoms with Crippen LogP contribution >= 0.6 is 7.82 Å². The standard InChI is InChI=1S/C24H29N10O6P/c1-14(6-33-12-31-19-21(25)27-10-29-23(19)33)38-8-16-4-3-5-18(40-41(35,36)37)17(16)9-39-15(2)7-34-13-32-20-22(26)28-11-30-24(20)34/h3-5,10-15H,6-9H2,1-2H3,(H2,25,27,29)(H2,26,28,30)(H2,35,36,37). The molecule has 5 rings (SSSR count). The van der Waals surface area contributed by atoms with Crippen molar-refractivity contribution in [3.05, 3.63) is 54.6 Å². The number of nitrogen functional groups attached to an aromatic ring is 2. The topological polar surface area (TPSA) is 224 Å². The molecule has 0 spiro atoms. The second kappa shape index (κ2) is 11.7. The summed E-state index contributed by atoms with van der Waals surface area (Å²) in [6.45, 7) is 4.68. The van der Waals surface area contributed by atoms with Crippen molar-refractivity contribution in [3.63, 3.8) is 0 Å². The lowest BCUT2D eigenvalue weighted by molar-refractivity contribution is 0.0311. The zero-order valence-electron chi connectivity index (χ0n) is 22.2. The molecule has 16 nitrogen and oxygen atoms in total. The fourth-order valence-electron chi connectivity index (χ4n) is 4.31. The summed E-state index contributed by atoms with van der Waals surface area (Å²) in [7, 11) is -4.83. The van der Waals surface area contributed by atoms with Gasteiger partial charge in [0.15, 0.2) is 22.9 Å². The van der Waals surface area contributed by atoms with Gasteiger partial charge in [-0.3, -0.25) is 9.79 Å². The van der Waals surface area contributed by atoms with Crippen LogP contribution in [0.1, 0.15) is 25.0 Å². The van der Waals surface area contributed by atoms with Crippen LogP contribution in [-0.4, -0.2) is 61.0 Å². The average molecular weight is 585 g/mol. The molecule has 2 unspecified atom stereocenters. The van der Waals surface area contributed by atoms with Gasteiger partial charge >= 0.3 is 7.82 Å². The second-order valence-corrected chi connectivity index (χ2v) is 10.5. The molecule has 0 fully saturated rings. The fourth-order valence-corrected chi connectivity index (χ4v) is 4.73. The van der Waals surface area contributed by atoms with Gasteiger partial charge in [0.05, 0.1) is 51.2 Å². The zero-order chi connectivity index (χ0) is 29.1. The highest BCUT2D eigenvalue weighted by molar-refractivity contribution is 7.46. The SMILES string of the molecule is CC(Cn1cnc2c(N)ncnc21)OCc1cccc(OP(=O)(O)O)c1COC(C)Cn1cnc2c(N)ncnc21. The van der Waals surface area contributed by atoms with Gasteiger partial charge in [-0.15, -0.1) is 0 Å². The molecular formula is C24H29N10O6P. The van der Waals surface area contributed by atoms with E-state index in [-0.39, 0.29) is 37.0 Å². The first-order valence-electron chi connectivity index (χ1n) is 12.5. The van der Waals surface area contributed by atoms with Crippen molar-refractivity contribution in [3.8, 4) is 5.75 Å². The molecule has 41 heavy (non-hydrogen) atoms. The Morgan fingerprint density at radius 2 is 1.37 bits per heavy atom. The Hall–Kier alpha value is -4.21. The molecule has 2 atom stereocenters. The number of benzene rings is 1.